The number of carbonyl (C=O) groups excluding carboxylic acids is 1. The van der Waals surface area contributed by atoms with Crippen molar-refractivity contribution in [3.05, 3.63) is 23.9 Å². The average Bonchev–Trinajstić information content (AvgIpc) is 2.08. The molecule has 1 heterocycles. The van der Waals surface area contributed by atoms with Crippen molar-refractivity contribution in [1.82, 2.24) is 4.98 Å². The molecule has 1 N–H and O–H groups in total. The standard InChI is InChI=1S/C8H5F2NO4/c9-4-1-5(10)8(11-3-4)15-7(14)2-6(12)13/h1,3H,2H2,(H,12,13). The second-order valence-corrected chi connectivity index (χ2v) is 2.49. The van der Waals surface area contributed by atoms with Crippen molar-refractivity contribution in [2.45, 2.75) is 6.42 Å². The van der Waals surface area contributed by atoms with Crippen LogP contribution in [0.3, 0.4) is 0 Å². The molecule has 0 aliphatic heterocycles. The summed E-state index contributed by atoms with van der Waals surface area (Å²) < 4.78 is 29.4. The van der Waals surface area contributed by atoms with Gasteiger partial charge >= 0.3 is 11.9 Å². The molecule has 80 valence electrons. The highest BCUT2D eigenvalue weighted by molar-refractivity contribution is 5.91. The normalized spacial score (nSPS) is 9.73. The number of carbonyl (C=O) groups is 2. The number of hydrogen-bond acceptors (Lipinski definition) is 4. The van der Waals surface area contributed by atoms with Gasteiger partial charge in [0.1, 0.15) is 12.2 Å². The van der Waals surface area contributed by atoms with Crippen LogP contribution in [0.1, 0.15) is 6.42 Å². The summed E-state index contributed by atoms with van der Waals surface area (Å²) in [7, 11) is 0. The minimum atomic E-state index is -1.41. The third-order valence-electron chi connectivity index (χ3n) is 1.28. The van der Waals surface area contributed by atoms with E-state index in [0.717, 1.165) is 0 Å². The summed E-state index contributed by atoms with van der Waals surface area (Å²) in [5.41, 5.74) is 0. The Balaban J connectivity index is 2.72. The monoisotopic (exact) mass is 217 g/mol. The van der Waals surface area contributed by atoms with E-state index in [1.165, 1.54) is 0 Å². The Hall–Kier alpha value is -2.05. The number of carboxylic acids is 1. The average molecular weight is 217 g/mol. The molecule has 1 aromatic rings. The quantitative estimate of drug-likeness (QED) is 0.596. The Labute approximate surface area is 82.3 Å². The summed E-state index contributed by atoms with van der Waals surface area (Å²) in [6.07, 6.45) is -0.273. The van der Waals surface area contributed by atoms with Gasteiger partial charge in [0.2, 0.25) is 0 Å². The molecule has 0 unspecified atom stereocenters. The molecular formula is C8H5F2NO4. The summed E-state index contributed by atoms with van der Waals surface area (Å²) in [4.78, 5) is 24.0. The van der Waals surface area contributed by atoms with Crippen LogP contribution in [0.25, 0.3) is 0 Å². The second kappa shape index (κ2) is 4.45. The lowest BCUT2D eigenvalue weighted by atomic mass is 10.4. The molecule has 0 spiro atoms. The number of pyridine rings is 1. The van der Waals surface area contributed by atoms with Gasteiger partial charge in [0, 0.05) is 6.07 Å². The maximum atomic E-state index is 12.8. The molecule has 0 radical (unpaired) electrons. The van der Waals surface area contributed by atoms with Crippen molar-refractivity contribution in [3.63, 3.8) is 0 Å². The number of aromatic nitrogens is 1. The summed E-state index contributed by atoms with van der Waals surface area (Å²) in [5.74, 6) is -5.44. The van der Waals surface area contributed by atoms with Crippen molar-refractivity contribution in [3.8, 4) is 5.88 Å². The van der Waals surface area contributed by atoms with Crippen LogP contribution in [-0.2, 0) is 9.59 Å². The molecule has 0 aliphatic rings. The van der Waals surface area contributed by atoms with E-state index in [1.54, 1.807) is 0 Å². The minimum absolute atomic E-state index is 0.469. The second-order valence-electron chi connectivity index (χ2n) is 2.49. The first kappa shape index (κ1) is 11.0. The number of esters is 1. The van der Waals surface area contributed by atoms with Gasteiger partial charge in [-0.25, -0.2) is 13.8 Å². The molecule has 0 fully saturated rings. The number of nitrogens with zero attached hydrogens (tertiary/aromatic N) is 1. The Kier molecular flexibility index (Phi) is 3.27. The molecule has 0 bridgehead atoms. The van der Waals surface area contributed by atoms with Gasteiger partial charge in [0.15, 0.2) is 5.82 Å². The summed E-state index contributed by atoms with van der Waals surface area (Å²) >= 11 is 0. The first-order chi connectivity index (χ1) is 6.99. The summed E-state index contributed by atoms with van der Waals surface area (Å²) in [6, 6.07) is 0.469. The van der Waals surface area contributed by atoms with Crippen molar-refractivity contribution < 1.29 is 28.2 Å². The zero-order valence-corrected chi connectivity index (χ0v) is 7.24. The van der Waals surface area contributed by atoms with Crippen LogP contribution in [-0.4, -0.2) is 22.0 Å². The number of carboxylic acid groups (broad SMARTS) is 1. The highest BCUT2D eigenvalue weighted by Crippen LogP contribution is 2.14. The van der Waals surface area contributed by atoms with Crippen LogP contribution in [0.2, 0.25) is 0 Å². The molecule has 1 rings (SSSR count). The Bertz CT molecular complexity index is 408. The van der Waals surface area contributed by atoms with Gasteiger partial charge in [-0.2, -0.15) is 0 Å². The highest BCUT2D eigenvalue weighted by Gasteiger charge is 2.14. The highest BCUT2D eigenvalue weighted by atomic mass is 19.1. The van der Waals surface area contributed by atoms with E-state index in [4.69, 9.17) is 5.11 Å². The molecule has 7 heteroatoms. The van der Waals surface area contributed by atoms with E-state index in [0.29, 0.717) is 12.3 Å². The van der Waals surface area contributed by atoms with Crippen molar-refractivity contribution in [2.24, 2.45) is 0 Å². The van der Waals surface area contributed by atoms with E-state index in [2.05, 4.69) is 9.72 Å². The predicted octanol–water partition coefficient (Wildman–Crippen LogP) is 0.740. The van der Waals surface area contributed by atoms with E-state index < -0.39 is 35.9 Å². The van der Waals surface area contributed by atoms with Gasteiger partial charge in [-0.05, 0) is 0 Å². The van der Waals surface area contributed by atoms with Crippen LogP contribution in [0.4, 0.5) is 8.78 Å². The number of halogens is 2. The molecule has 1 aromatic heterocycles. The Morgan fingerprint density at radius 1 is 1.47 bits per heavy atom. The van der Waals surface area contributed by atoms with E-state index in [1.807, 2.05) is 0 Å². The number of hydrogen-bond donors (Lipinski definition) is 1. The lowest BCUT2D eigenvalue weighted by Gasteiger charge is -2.01. The fraction of sp³-hybridized carbons (Fsp3) is 0.125. The fourth-order valence-corrected chi connectivity index (χ4v) is 0.745. The summed E-state index contributed by atoms with van der Waals surface area (Å²) in [5, 5.41) is 8.20. The van der Waals surface area contributed by atoms with Crippen LogP contribution < -0.4 is 4.74 Å². The topological polar surface area (TPSA) is 76.5 Å². The van der Waals surface area contributed by atoms with Gasteiger partial charge in [-0.3, -0.25) is 9.59 Å². The molecular weight excluding hydrogens is 212 g/mol. The van der Waals surface area contributed by atoms with Crippen molar-refractivity contribution >= 4 is 11.9 Å². The Morgan fingerprint density at radius 2 is 2.13 bits per heavy atom. The lowest BCUT2D eigenvalue weighted by Crippen LogP contribution is -2.14. The molecule has 0 amide bonds. The molecule has 0 atom stereocenters. The van der Waals surface area contributed by atoms with Crippen LogP contribution in [0.15, 0.2) is 12.3 Å². The zero-order chi connectivity index (χ0) is 11.4. The molecule has 0 aliphatic carbocycles. The van der Waals surface area contributed by atoms with E-state index in [-0.39, 0.29) is 0 Å². The molecule has 5 nitrogen and oxygen atoms in total. The molecule has 0 aromatic carbocycles. The molecule has 15 heavy (non-hydrogen) atoms. The van der Waals surface area contributed by atoms with Gasteiger partial charge < -0.3 is 9.84 Å². The van der Waals surface area contributed by atoms with Gasteiger partial charge in [0.05, 0.1) is 6.20 Å². The van der Waals surface area contributed by atoms with Gasteiger partial charge in [-0.1, -0.05) is 0 Å². The number of rotatable bonds is 3. The number of ether oxygens (including phenoxy) is 1. The van der Waals surface area contributed by atoms with Crippen molar-refractivity contribution in [2.75, 3.05) is 0 Å². The SMILES string of the molecule is O=C(O)CC(=O)Oc1ncc(F)cc1F. The maximum absolute atomic E-state index is 12.8. The van der Waals surface area contributed by atoms with Crippen molar-refractivity contribution in [1.29, 1.82) is 0 Å². The molecule has 0 saturated heterocycles. The van der Waals surface area contributed by atoms with E-state index in [9.17, 15) is 18.4 Å². The van der Waals surface area contributed by atoms with Crippen LogP contribution in [0.5, 0.6) is 5.88 Å². The van der Waals surface area contributed by atoms with Gasteiger partial charge in [0.25, 0.3) is 5.88 Å². The smallest absolute Gasteiger partial charge is 0.323 e. The third kappa shape index (κ3) is 3.29. The van der Waals surface area contributed by atoms with E-state index >= 15 is 0 Å². The number of aliphatic carboxylic acids is 1. The zero-order valence-electron chi connectivity index (χ0n) is 7.24. The lowest BCUT2D eigenvalue weighted by molar-refractivity contribution is -0.146. The first-order valence-electron chi connectivity index (χ1n) is 3.72. The first-order valence-corrected chi connectivity index (χ1v) is 3.72. The van der Waals surface area contributed by atoms with Crippen LogP contribution in [0, 0.1) is 11.6 Å². The maximum Gasteiger partial charge on any atom is 0.323 e. The Morgan fingerprint density at radius 3 is 2.67 bits per heavy atom. The largest absolute Gasteiger partial charge is 0.481 e. The summed E-state index contributed by atoms with van der Waals surface area (Å²) in [6.45, 7) is 0. The minimum Gasteiger partial charge on any atom is -0.481 e. The van der Waals surface area contributed by atoms with Crippen LogP contribution >= 0.6 is 0 Å². The third-order valence-corrected chi connectivity index (χ3v) is 1.28. The van der Waals surface area contributed by atoms with Gasteiger partial charge in [-0.15, -0.1) is 0 Å². The predicted molar refractivity (Wildman–Crippen MR) is 42.0 cm³/mol. The molecule has 0 saturated carbocycles. The fourth-order valence-electron chi connectivity index (χ4n) is 0.745.